The van der Waals surface area contributed by atoms with Crippen molar-refractivity contribution < 1.29 is 9.47 Å². The lowest BCUT2D eigenvalue weighted by atomic mass is 9.86. The third kappa shape index (κ3) is 2.34. The number of hydrogen-bond donors (Lipinski definition) is 0. The highest BCUT2D eigenvalue weighted by Gasteiger charge is 2.25. The van der Waals surface area contributed by atoms with Gasteiger partial charge in [0.25, 0.3) is 0 Å². The first-order chi connectivity index (χ1) is 13.1. The largest absolute Gasteiger partial charge is 0.353 e. The Bertz CT molecular complexity index is 1280. The molecule has 27 heavy (non-hydrogen) atoms. The Hall–Kier alpha value is -2.68. The highest BCUT2D eigenvalue weighted by molar-refractivity contribution is 6.33. The topological polar surface area (TPSA) is 18.5 Å². The van der Waals surface area contributed by atoms with Gasteiger partial charge in [-0.3, -0.25) is 0 Å². The quantitative estimate of drug-likeness (QED) is 0.214. The van der Waals surface area contributed by atoms with Crippen molar-refractivity contribution in [3.63, 3.8) is 0 Å². The van der Waals surface area contributed by atoms with E-state index < -0.39 is 5.79 Å². The van der Waals surface area contributed by atoms with Crippen molar-refractivity contribution in [2.24, 2.45) is 0 Å². The molecule has 0 heterocycles. The van der Waals surface area contributed by atoms with E-state index in [1.54, 1.807) is 14.2 Å². The molecule has 0 aliphatic rings. The SMILES string of the molecule is COC(C)(Cc1ccc2cccc3c4cccc5cccc(c1c23)c54)OC. The zero-order valence-corrected chi connectivity index (χ0v) is 15.9. The summed E-state index contributed by atoms with van der Waals surface area (Å²) in [5, 5.41) is 10.5. The minimum atomic E-state index is -0.649. The van der Waals surface area contributed by atoms with Crippen molar-refractivity contribution >= 4 is 43.1 Å². The lowest BCUT2D eigenvalue weighted by molar-refractivity contribution is -0.191. The van der Waals surface area contributed by atoms with E-state index in [0.717, 1.165) is 0 Å². The first-order valence-electron chi connectivity index (χ1n) is 9.32. The number of methoxy groups -OCH3 is 2. The van der Waals surface area contributed by atoms with Crippen LogP contribution in [0, 0.1) is 0 Å². The monoisotopic (exact) mass is 354 g/mol. The average molecular weight is 354 g/mol. The van der Waals surface area contributed by atoms with Crippen LogP contribution in [0.25, 0.3) is 43.1 Å². The van der Waals surface area contributed by atoms with E-state index in [-0.39, 0.29) is 0 Å². The smallest absolute Gasteiger partial charge is 0.168 e. The Morgan fingerprint density at radius 2 is 1.19 bits per heavy atom. The van der Waals surface area contributed by atoms with Gasteiger partial charge < -0.3 is 9.47 Å². The van der Waals surface area contributed by atoms with Crippen LogP contribution in [-0.2, 0) is 15.9 Å². The molecule has 134 valence electrons. The highest BCUT2D eigenvalue weighted by atomic mass is 16.7. The van der Waals surface area contributed by atoms with Gasteiger partial charge in [0.15, 0.2) is 5.79 Å². The molecule has 0 unspecified atom stereocenters. The third-order valence-electron chi connectivity index (χ3n) is 5.97. The molecule has 0 aliphatic carbocycles. The van der Waals surface area contributed by atoms with Gasteiger partial charge in [-0.2, -0.15) is 0 Å². The van der Waals surface area contributed by atoms with Gasteiger partial charge in [-0.1, -0.05) is 66.7 Å². The van der Waals surface area contributed by atoms with Crippen molar-refractivity contribution in [2.75, 3.05) is 14.2 Å². The summed E-state index contributed by atoms with van der Waals surface area (Å²) in [5.74, 6) is -0.649. The summed E-state index contributed by atoms with van der Waals surface area (Å²) in [6.45, 7) is 1.99. The molecule has 0 spiro atoms. The molecule has 2 nitrogen and oxygen atoms in total. The maximum absolute atomic E-state index is 5.67. The molecule has 0 amide bonds. The molecule has 0 aliphatic heterocycles. The second-order valence-corrected chi connectivity index (χ2v) is 7.43. The second-order valence-electron chi connectivity index (χ2n) is 7.43. The average Bonchev–Trinajstić information content (AvgIpc) is 2.72. The van der Waals surface area contributed by atoms with Crippen LogP contribution in [0.3, 0.4) is 0 Å². The van der Waals surface area contributed by atoms with Crippen molar-refractivity contribution in [3.8, 4) is 0 Å². The van der Waals surface area contributed by atoms with Gasteiger partial charge in [-0.05, 0) is 55.6 Å². The summed E-state index contributed by atoms with van der Waals surface area (Å²) in [5.41, 5.74) is 1.25. The van der Waals surface area contributed by atoms with Crippen LogP contribution in [0.5, 0.6) is 0 Å². The summed E-state index contributed by atoms with van der Waals surface area (Å²) in [6.07, 6.45) is 0.693. The van der Waals surface area contributed by atoms with E-state index in [9.17, 15) is 0 Å². The van der Waals surface area contributed by atoms with Crippen LogP contribution in [0.1, 0.15) is 12.5 Å². The standard InChI is InChI=1S/C25H22O2/c1-25(26-2,27-3)15-18-14-13-17-9-5-11-20-19-10-4-7-16-8-6-12-21(22(16)19)24(18)23(17)20/h4-14H,15H2,1-3H3. The Morgan fingerprint density at radius 3 is 1.81 bits per heavy atom. The Balaban J connectivity index is 2.00. The summed E-state index contributed by atoms with van der Waals surface area (Å²) >= 11 is 0. The molecule has 2 heteroatoms. The van der Waals surface area contributed by atoms with Crippen molar-refractivity contribution in [3.05, 3.63) is 72.3 Å². The summed E-state index contributed by atoms with van der Waals surface area (Å²) in [6, 6.07) is 24.2. The molecule has 5 aromatic carbocycles. The molecule has 0 N–H and O–H groups in total. The molecule has 0 aromatic heterocycles. The van der Waals surface area contributed by atoms with E-state index in [2.05, 4.69) is 66.7 Å². The molecular weight excluding hydrogens is 332 g/mol. The van der Waals surface area contributed by atoms with Crippen LogP contribution >= 0.6 is 0 Å². The van der Waals surface area contributed by atoms with E-state index in [0.29, 0.717) is 6.42 Å². The molecule has 0 fully saturated rings. The molecule has 0 saturated heterocycles. The molecule has 0 atom stereocenters. The van der Waals surface area contributed by atoms with Crippen LogP contribution < -0.4 is 0 Å². The van der Waals surface area contributed by atoms with Gasteiger partial charge >= 0.3 is 0 Å². The van der Waals surface area contributed by atoms with Gasteiger partial charge in [0.1, 0.15) is 0 Å². The lowest BCUT2D eigenvalue weighted by Crippen LogP contribution is -2.32. The number of benzene rings is 5. The Labute approximate surface area is 158 Å². The van der Waals surface area contributed by atoms with Gasteiger partial charge in [-0.25, -0.2) is 0 Å². The van der Waals surface area contributed by atoms with Crippen molar-refractivity contribution in [1.82, 2.24) is 0 Å². The summed E-state index contributed by atoms with van der Waals surface area (Å²) in [4.78, 5) is 0. The third-order valence-corrected chi connectivity index (χ3v) is 5.97. The molecule has 5 rings (SSSR count). The molecule has 0 saturated carbocycles. The maximum atomic E-state index is 5.67. The zero-order valence-electron chi connectivity index (χ0n) is 15.9. The fourth-order valence-corrected chi connectivity index (χ4v) is 4.45. The minimum Gasteiger partial charge on any atom is -0.353 e. The van der Waals surface area contributed by atoms with Gasteiger partial charge in [0.2, 0.25) is 0 Å². The summed E-state index contributed by atoms with van der Waals surface area (Å²) in [7, 11) is 3.41. The Kier molecular flexibility index (Phi) is 3.61. The van der Waals surface area contributed by atoms with Crippen LogP contribution in [-0.4, -0.2) is 20.0 Å². The van der Waals surface area contributed by atoms with Crippen molar-refractivity contribution in [1.29, 1.82) is 0 Å². The summed E-state index contributed by atoms with van der Waals surface area (Å²) < 4.78 is 11.3. The van der Waals surface area contributed by atoms with Crippen LogP contribution in [0.2, 0.25) is 0 Å². The van der Waals surface area contributed by atoms with E-state index in [1.807, 2.05) is 6.92 Å². The second kappa shape index (κ2) is 5.91. The number of hydrogen-bond acceptors (Lipinski definition) is 2. The molecule has 5 aromatic rings. The normalized spacial score (nSPS) is 12.7. The number of rotatable bonds is 4. The number of ether oxygens (including phenoxy) is 2. The van der Waals surface area contributed by atoms with Gasteiger partial charge in [-0.15, -0.1) is 0 Å². The molecule has 0 radical (unpaired) electrons. The van der Waals surface area contributed by atoms with Gasteiger partial charge in [0, 0.05) is 20.6 Å². The fraction of sp³-hybridized carbons (Fsp3) is 0.200. The maximum Gasteiger partial charge on any atom is 0.168 e. The minimum absolute atomic E-state index is 0.649. The predicted molar refractivity (Wildman–Crippen MR) is 114 cm³/mol. The van der Waals surface area contributed by atoms with Crippen LogP contribution in [0.15, 0.2) is 66.7 Å². The first kappa shape index (κ1) is 16.5. The van der Waals surface area contributed by atoms with Crippen LogP contribution in [0.4, 0.5) is 0 Å². The van der Waals surface area contributed by atoms with Gasteiger partial charge in [0.05, 0.1) is 0 Å². The fourth-order valence-electron chi connectivity index (χ4n) is 4.45. The molecule has 0 bridgehead atoms. The van der Waals surface area contributed by atoms with E-state index in [4.69, 9.17) is 9.47 Å². The highest BCUT2D eigenvalue weighted by Crippen LogP contribution is 2.42. The zero-order chi connectivity index (χ0) is 18.6. The first-order valence-corrected chi connectivity index (χ1v) is 9.32. The lowest BCUT2D eigenvalue weighted by Gasteiger charge is -2.27. The predicted octanol–water partition coefficient (Wildman–Crippen LogP) is 6.29. The van der Waals surface area contributed by atoms with E-state index >= 15 is 0 Å². The van der Waals surface area contributed by atoms with E-state index in [1.165, 1.54) is 48.7 Å². The Morgan fingerprint density at radius 1 is 0.630 bits per heavy atom. The molecular formula is C25H22O2. The number of fused-ring (bicyclic) bond motifs is 2. The van der Waals surface area contributed by atoms with Crippen molar-refractivity contribution in [2.45, 2.75) is 19.1 Å².